The molecule has 1 N–H and O–H groups in total. The van der Waals surface area contributed by atoms with Crippen molar-refractivity contribution in [2.75, 3.05) is 18.4 Å². The molecule has 0 unspecified atom stereocenters. The van der Waals surface area contributed by atoms with Crippen molar-refractivity contribution in [2.24, 2.45) is 0 Å². The fraction of sp³-hybridized carbons (Fsp3) is 0.200. The highest BCUT2D eigenvalue weighted by Crippen LogP contribution is 2.37. The molecule has 3 aromatic rings. The van der Waals surface area contributed by atoms with E-state index in [1.54, 1.807) is 38.1 Å². The van der Waals surface area contributed by atoms with Crippen LogP contribution in [0.4, 0.5) is 17.2 Å². The lowest BCUT2D eigenvalue weighted by Crippen LogP contribution is -2.30. The first-order valence-corrected chi connectivity index (χ1v) is 12.2. The van der Waals surface area contributed by atoms with E-state index in [-0.39, 0.29) is 21.4 Å². The molecule has 0 amide bonds. The smallest absolute Gasteiger partial charge is 0.334 e. The van der Waals surface area contributed by atoms with Crippen molar-refractivity contribution in [2.45, 2.75) is 28.7 Å². The van der Waals surface area contributed by atoms with Gasteiger partial charge in [-0.3, -0.25) is 10.1 Å². The summed E-state index contributed by atoms with van der Waals surface area (Å²) in [4.78, 5) is 20.2. The Morgan fingerprint density at radius 1 is 1.06 bits per heavy atom. The van der Waals surface area contributed by atoms with E-state index in [1.807, 2.05) is 0 Å². The Morgan fingerprint density at radius 2 is 1.69 bits per heavy atom. The van der Waals surface area contributed by atoms with Crippen molar-refractivity contribution in [3.63, 3.8) is 0 Å². The molecule has 0 spiro atoms. The van der Waals surface area contributed by atoms with Crippen molar-refractivity contribution in [3.05, 3.63) is 70.0 Å². The third kappa shape index (κ3) is 5.36. The second-order valence-electron chi connectivity index (χ2n) is 6.43. The quantitative estimate of drug-likeness (QED) is 0.252. The van der Waals surface area contributed by atoms with Crippen LogP contribution in [0.3, 0.4) is 0 Å². The average Bonchev–Trinajstić information content (AvgIpc) is 2.76. The summed E-state index contributed by atoms with van der Waals surface area (Å²) in [5.41, 5.74) is 0.167. The molecule has 9 nitrogen and oxygen atoms in total. The van der Waals surface area contributed by atoms with Gasteiger partial charge in [0.25, 0.3) is 0 Å². The third-order valence-corrected chi connectivity index (χ3v) is 7.78. The SMILES string of the molecule is CCN(CC)S(=O)(=O)c1ccc(Nc2ncnc(Sc3ccc(Cl)cc3)c2[N+](=O)[O-])cc1. The zero-order valence-electron chi connectivity index (χ0n) is 17.2. The summed E-state index contributed by atoms with van der Waals surface area (Å²) in [6, 6.07) is 12.8. The molecule has 12 heteroatoms. The van der Waals surface area contributed by atoms with Gasteiger partial charge in [0, 0.05) is 28.7 Å². The molecule has 168 valence electrons. The van der Waals surface area contributed by atoms with Gasteiger partial charge in [-0.25, -0.2) is 18.4 Å². The minimum Gasteiger partial charge on any atom is -0.334 e. The number of hydrogen-bond acceptors (Lipinski definition) is 8. The first kappa shape index (κ1) is 23.9. The van der Waals surface area contributed by atoms with Crippen molar-refractivity contribution in [1.82, 2.24) is 14.3 Å². The number of nitrogens with zero attached hydrogens (tertiary/aromatic N) is 4. The van der Waals surface area contributed by atoms with E-state index >= 15 is 0 Å². The van der Waals surface area contributed by atoms with Gasteiger partial charge in [-0.15, -0.1) is 0 Å². The van der Waals surface area contributed by atoms with Crippen LogP contribution in [0.5, 0.6) is 0 Å². The maximum absolute atomic E-state index is 12.6. The van der Waals surface area contributed by atoms with Crippen LogP contribution in [0.2, 0.25) is 5.02 Å². The van der Waals surface area contributed by atoms with Crippen LogP contribution in [0.15, 0.2) is 69.7 Å². The first-order chi connectivity index (χ1) is 15.3. The monoisotopic (exact) mass is 493 g/mol. The average molecular weight is 494 g/mol. The number of benzene rings is 2. The molecular formula is C20H20ClN5O4S2. The molecule has 0 saturated carbocycles. The first-order valence-electron chi connectivity index (χ1n) is 9.56. The number of nitro groups is 1. The molecule has 1 heterocycles. The number of aromatic nitrogens is 2. The van der Waals surface area contributed by atoms with E-state index in [0.717, 1.165) is 16.7 Å². The predicted octanol–water partition coefficient (Wildman–Crippen LogP) is 4.96. The largest absolute Gasteiger partial charge is 0.343 e. The van der Waals surface area contributed by atoms with Gasteiger partial charge in [0.15, 0.2) is 5.03 Å². The summed E-state index contributed by atoms with van der Waals surface area (Å²) in [5.74, 6) is 0.000753. The Hall–Kier alpha value is -2.73. The Morgan fingerprint density at radius 3 is 2.25 bits per heavy atom. The standard InChI is InChI=1S/C20H20ClN5O4S2/c1-3-25(4-2)32(29,30)17-11-7-15(8-12-17)24-19-18(26(27)28)20(23-13-22-19)31-16-9-5-14(21)6-10-16/h5-13H,3-4H2,1-2H3,(H,22,23,24). The summed E-state index contributed by atoms with van der Waals surface area (Å²) >= 11 is 7.01. The fourth-order valence-corrected chi connectivity index (χ4v) is 5.31. The van der Waals surface area contributed by atoms with Gasteiger partial charge >= 0.3 is 5.69 Å². The molecule has 0 atom stereocenters. The van der Waals surface area contributed by atoms with Gasteiger partial charge in [-0.2, -0.15) is 4.31 Å². The molecule has 2 aromatic carbocycles. The van der Waals surface area contributed by atoms with Crippen molar-refractivity contribution in [3.8, 4) is 0 Å². The lowest BCUT2D eigenvalue weighted by Gasteiger charge is -2.18. The highest BCUT2D eigenvalue weighted by molar-refractivity contribution is 7.99. The molecule has 3 rings (SSSR count). The summed E-state index contributed by atoms with van der Waals surface area (Å²) in [6.07, 6.45) is 1.23. The minimum absolute atomic E-state index is 0.000753. The van der Waals surface area contributed by atoms with Crippen LogP contribution in [0.25, 0.3) is 0 Å². The highest BCUT2D eigenvalue weighted by atomic mass is 35.5. The summed E-state index contributed by atoms with van der Waals surface area (Å²) in [5, 5.41) is 15.4. The molecule has 0 aliphatic carbocycles. The molecule has 0 fully saturated rings. The van der Waals surface area contributed by atoms with Crippen LogP contribution in [0.1, 0.15) is 13.8 Å². The molecule has 32 heavy (non-hydrogen) atoms. The molecule has 0 aliphatic heterocycles. The third-order valence-electron chi connectivity index (χ3n) is 4.46. The maximum Gasteiger partial charge on any atom is 0.343 e. The number of sulfonamides is 1. The molecule has 0 aliphatic rings. The van der Waals surface area contributed by atoms with Gasteiger partial charge in [0.05, 0.1) is 9.82 Å². The number of rotatable bonds is 9. The Kier molecular flexibility index (Phi) is 7.67. The second kappa shape index (κ2) is 10.3. The lowest BCUT2D eigenvalue weighted by atomic mass is 10.3. The van der Waals surface area contributed by atoms with Gasteiger partial charge in [0.1, 0.15) is 6.33 Å². The van der Waals surface area contributed by atoms with Gasteiger partial charge in [-0.05, 0) is 48.5 Å². The summed E-state index contributed by atoms with van der Waals surface area (Å²) in [6.45, 7) is 4.26. The lowest BCUT2D eigenvalue weighted by molar-refractivity contribution is -0.387. The molecule has 1 aromatic heterocycles. The normalized spacial score (nSPS) is 11.5. The van der Waals surface area contributed by atoms with E-state index in [1.165, 1.54) is 34.9 Å². The Balaban J connectivity index is 1.89. The number of anilines is 2. The van der Waals surface area contributed by atoms with Gasteiger partial charge in [-0.1, -0.05) is 37.2 Å². The number of halogens is 1. The number of nitrogens with one attached hydrogen (secondary N) is 1. The van der Waals surface area contributed by atoms with Crippen molar-refractivity contribution < 1.29 is 13.3 Å². The van der Waals surface area contributed by atoms with Crippen LogP contribution < -0.4 is 5.32 Å². The van der Waals surface area contributed by atoms with Gasteiger partial charge in [0.2, 0.25) is 15.8 Å². The highest BCUT2D eigenvalue weighted by Gasteiger charge is 2.25. The maximum atomic E-state index is 12.6. The minimum atomic E-state index is -3.60. The molecule has 0 bridgehead atoms. The zero-order valence-corrected chi connectivity index (χ0v) is 19.6. The number of hydrogen-bond donors (Lipinski definition) is 1. The Labute approximate surface area is 195 Å². The molecule has 0 radical (unpaired) electrons. The van der Waals surface area contributed by atoms with Gasteiger partial charge < -0.3 is 5.32 Å². The van der Waals surface area contributed by atoms with E-state index < -0.39 is 14.9 Å². The van der Waals surface area contributed by atoms with E-state index in [4.69, 9.17) is 11.6 Å². The second-order valence-corrected chi connectivity index (χ2v) is 9.86. The predicted molar refractivity (Wildman–Crippen MR) is 124 cm³/mol. The van der Waals surface area contributed by atoms with E-state index in [9.17, 15) is 18.5 Å². The van der Waals surface area contributed by atoms with Crippen LogP contribution >= 0.6 is 23.4 Å². The van der Waals surface area contributed by atoms with Crippen LogP contribution in [-0.4, -0.2) is 40.7 Å². The van der Waals surface area contributed by atoms with E-state index in [0.29, 0.717) is 23.8 Å². The topological polar surface area (TPSA) is 118 Å². The van der Waals surface area contributed by atoms with Crippen molar-refractivity contribution in [1.29, 1.82) is 0 Å². The van der Waals surface area contributed by atoms with E-state index in [2.05, 4.69) is 15.3 Å². The van der Waals surface area contributed by atoms with Crippen molar-refractivity contribution >= 4 is 50.6 Å². The zero-order chi connectivity index (χ0) is 23.3. The Bertz CT molecular complexity index is 1200. The van der Waals surface area contributed by atoms with Crippen LogP contribution in [-0.2, 0) is 10.0 Å². The molecule has 0 saturated heterocycles. The van der Waals surface area contributed by atoms with Crippen LogP contribution in [0, 0.1) is 10.1 Å². The summed E-state index contributed by atoms with van der Waals surface area (Å²) < 4.78 is 26.6. The molecular weight excluding hydrogens is 474 g/mol. The summed E-state index contributed by atoms with van der Waals surface area (Å²) in [7, 11) is -3.60. The fourth-order valence-electron chi connectivity index (χ4n) is 2.87.